The van der Waals surface area contributed by atoms with E-state index in [1.54, 1.807) is 19.0 Å². The molecule has 0 aromatic carbocycles. The maximum absolute atomic E-state index is 11.9. The highest BCUT2D eigenvalue weighted by atomic mass is 16.5. The third-order valence-corrected chi connectivity index (χ3v) is 5.51. The molecular formula is C20H38N4O2. The van der Waals surface area contributed by atoms with Gasteiger partial charge in [0, 0.05) is 33.3 Å². The second kappa shape index (κ2) is 11.4. The van der Waals surface area contributed by atoms with Crippen molar-refractivity contribution in [2.24, 2.45) is 10.9 Å². The van der Waals surface area contributed by atoms with Gasteiger partial charge in [0.15, 0.2) is 5.96 Å². The van der Waals surface area contributed by atoms with Crippen LogP contribution in [0.4, 0.5) is 0 Å². The van der Waals surface area contributed by atoms with E-state index in [0.29, 0.717) is 6.04 Å². The summed E-state index contributed by atoms with van der Waals surface area (Å²) >= 11 is 0. The van der Waals surface area contributed by atoms with Crippen molar-refractivity contribution < 1.29 is 9.53 Å². The standard InChI is InChI=1S/C20H38N4O2/c1-16(11-12-17-8-5-4-6-9-17)23-20(22-15-19(25)24(2)3)21-14-18-10-7-13-26-18/h16-18H,4-15H2,1-3H3,(H2,21,22,23). The summed E-state index contributed by atoms with van der Waals surface area (Å²) in [4.78, 5) is 17.9. The Labute approximate surface area is 159 Å². The first-order valence-corrected chi connectivity index (χ1v) is 10.4. The lowest BCUT2D eigenvalue weighted by atomic mass is 9.85. The Morgan fingerprint density at radius 1 is 1.19 bits per heavy atom. The maximum atomic E-state index is 11.9. The van der Waals surface area contributed by atoms with E-state index in [4.69, 9.17) is 4.74 Å². The summed E-state index contributed by atoms with van der Waals surface area (Å²) in [6, 6.07) is 0.349. The van der Waals surface area contributed by atoms with Crippen LogP contribution in [0.5, 0.6) is 0 Å². The SMILES string of the molecule is CC(CCC1CCCCC1)NC(=NCC(=O)N(C)C)NCC1CCCO1. The lowest BCUT2D eigenvalue weighted by molar-refractivity contribution is -0.127. The monoisotopic (exact) mass is 366 g/mol. The van der Waals surface area contributed by atoms with E-state index in [0.717, 1.165) is 44.3 Å². The Balaban J connectivity index is 1.79. The van der Waals surface area contributed by atoms with Gasteiger partial charge in [0.2, 0.25) is 5.91 Å². The molecule has 1 amide bonds. The lowest BCUT2D eigenvalue weighted by Crippen LogP contribution is -2.45. The molecule has 2 fully saturated rings. The fourth-order valence-corrected chi connectivity index (χ4v) is 3.72. The quantitative estimate of drug-likeness (QED) is 0.512. The van der Waals surface area contributed by atoms with Crippen LogP contribution in [-0.2, 0) is 9.53 Å². The van der Waals surface area contributed by atoms with Crippen molar-refractivity contribution in [1.29, 1.82) is 0 Å². The Hall–Kier alpha value is -1.30. The Morgan fingerprint density at radius 2 is 1.96 bits per heavy atom. The zero-order chi connectivity index (χ0) is 18.8. The highest BCUT2D eigenvalue weighted by Gasteiger charge is 2.18. The van der Waals surface area contributed by atoms with E-state index in [1.807, 2.05) is 0 Å². The predicted octanol–water partition coefficient (Wildman–Crippen LogP) is 2.54. The smallest absolute Gasteiger partial charge is 0.243 e. The molecule has 2 atom stereocenters. The fraction of sp³-hybridized carbons (Fsp3) is 0.900. The minimum Gasteiger partial charge on any atom is -0.376 e. The van der Waals surface area contributed by atoms with Gasteiger partial charge in [-0.15, -0.1) is 0 Å². The Morgan fingerprint density at radius 3 is 2.62 bits per heavy atom. The van der Waals surface area contributed by atoms with Crippen LogP contribution in [-0.4, -0.2) is 62.7 Å². The van der Waals surface area contributed by atoms with Gasteiger partial charge in [-0.1, -0.05) is 32.1 Å². The van der Waals surface area contributed by atoms with E-state index in [1.165, 1.54) is 38.5 Å². The van der Waals surface area contributed by atoms with Crippen LogP contribution in [0, 0.1) is 5.92 Å². The topological polar surface area (TPSA) is 66.0 Å². The molecule has 150 valence electrons. The number of rotatable bonds is 8. The van der Waals surface area contributed by atoms with Gasteiger partial charge in [-0.25, -0.2) is 4.99 Å². The molecule has 2 N–H and O–H groups in total. The second-order valence-corrected chi connectivity index (χ2v) is 8.10. The van der Waals surface area contributed by atoms with Gasteiger partial charge in [0.25, 0.3) is 0 Å². The van der Waals surface area contributed by atoms with Gasteiger partial charge in [-0.2, -0.15) is 0 Å². The van der Waals surface area contributed by atoms with Gasteiger partial charge >= 0.3 is 0 Å². The van der Waals surface area contributed by atoms with Gasteiger partial charge in [0.1, 0.15) is 6.54 Å². The van der Waals surface area contributed by atoms with Crippen LogP contribution < -0.4 is 10.6 Å². The molecule has 26 heavy (non-hydrogen) atoms. The molecule has 1 aliphatic carbocycles. The minimum atomic E-state index is 0.0121. The van der Waals surface area contributed by atoms with Gasteiger partial charge in [0.05, 0.1) is 6.10 Å². The molecule has 6 heteroatoms. The summed E-state index contributed by atoms with van der Waals surface area (Å²) in [5.74, 6) is 1.63. The number of nitrogens with zero attached hydrogens (tertiary/aromatic N) is 2. The number of guanidine groups is 1. The summed E-state index contributed by atoms with van der Waals surface area (Å²) in [5.41, 5.74) is 0. The van der Waals surface area contributed by atoms with E-state index in [9.17, 15) is 4.79 Å². The van der Waals surface area contributed by atoms with Crippen molar-refractivity contribution in [3.63, 3.8) is 0 Å². The minimum absolute atomic E-state index is 0.0121. The Bertz CT molecular complexity index is 441. The summed E-state index contributed by atoms with van der Waals surface area (Å²) in [5, 5.41) is 6.86. The average molecular weight is 367 g/mol. The molecular weight excluding hydrogens is 328 g/mol. The molecule has 1 heterocycles. The number of aliphatic imine (C=N–C) groups is 1. The van der Waals surface area contributed by atoms with Crippen molar-refractivity contribution in [3.8, 4) is 0 Å². The van der Waals surface area contributed by atoms with Gasteiger partial charge in [-0.3, -0.25) is 4.79 Å². The molecule has 0 aromatic rings. The molecule has 0 radical (unpaired) electrons. The number of carbonyl (C=O) groups is 1. The first-order valence-electron chi connectivity index (χ1n) is 10.4. The Kier molecular flexibility index (Phi) is 9.23. The molecule has 6 nitrogen and oxygen atoms in total. The zero-order valence-electron chi connectivity index (χ0n) is 16.9. The molecule has 0 spiro atoms. The first kappa shape index (κ1) is 21.0. The maximum Gasteiger partial charge on any atom is 0.243 e. The largest absolute Gasteiger partial charge is 0.376 e. The normalized spacial score (nSPS) is 22.9. The summed E-state index contributed by atoms with van der Waals surface area (Å²) in [6.45, 7) is 3.98. The fourth-order valence-electron chi connectivity index (χ4n) is 3.72. The number of amides is 1. The number of carbonyl (C=O) groups excluding carboxylic acids is 1. The molecule has 1 aliphatic heterocycles. The number of nitrogens with one attached hydrogen (secondary N) is 2. The van der Waals surface area contributed by atoms with Crippen molar-refractivity contribution in [2.45, 2.75) is 76.9 Å². The van der Waals surface area contributed by atoms with Crippen molar-refractivity contribution in [2.75, 3.05) is 33.8 Å². The van der Waals surface area contributed by atoms with Crippen LogP contribution in [0.25, 0.3) is 0 Å². The third kappa shape index (κ3) is 7.94. The highest BCUT2D eigenvalue weighted by Crippen LogP contribution is 2.27. The first-order chi connectivity index (χ1) is 12.5. The third-order valence-electron chi connectivity index (χ3n) is 5.51. The number of hydrogen-bond donors (Lipinski definition) is 2. The number of likely N-dealkylation sites (N-methyl/N-ethyl adjacent to an activating group) is 1. The van der Waals surface area contributed by atoms with E-state index >= 15 is 0 Å². The molecule has 2 aliphatic rings. The average Bonchev–Trinajstić information content (AvgIpc) is 3.16. The number of ether oxygens (including phenoxy) is 1. The molecule has 0 bridgehead atoms. The molecule has 2 rings (SSSR count). The van der Waals surface area contributed by atoms with Gasteiger partial charge < -0.3 is 20.3 Å². The number of hydrogen-bond acceptors (Lipinski definition) is 3. The van der Waals surface area contributed by atoms with Crippen molar-refractivity contribution in [3.05, 3.63) is 0 Å². The predicted molar refractivity (Wildman–Crippen MR) is 106 cm³/mol. The highest BCUT2D eigenvalue weighted by molar-refractivity contribution is 5.84. The van der Waals surface area contributed by atoms with E-state index in [2.05, 4.69) is 22.5 Å². The lowest BCUT2D eigenvalue weighted by Gasteiger charge is -2.24. The van der Waals surface area contributed by atoms with Gasteiger partial charge in [-0.05, 0) is 38.5 Å². The zero-order valence-corrected chi connectivity index (χ0v) is 16.9. The van der Waals surface area contributed by atoms with Crippen molar-refractivity contribution in [1.82, 2.24) is 15.5 Å². The summed E-state index contributed by atoms with van der Waals surface area (Å²) in [7, 11) is 3.52. The second-order valence-electron chi connectivity index (χ2n) is 8.10. The summed E-state index contributed by atoms with van der Waals surface area (Å²) < 4.78 is 5.68. The van der Waals surface area contributed by atoms with Crippen LogP contribution >= 0.6 is 0 Å². The van der Waals surface area contributed by atoms with E-state index in [-0.39, 0.29) is 18.6 Å². The van der Waals surface area contributed by atoms with Crippen LogP contribution in [0.2, 0.25) is 0 Å². The molecule has 1 saturated carbocycles. The van der Waals surface area contributed by atoms with Crippen LogP contribution in [0.3, 0.4) is 0 Å². The van der Waals surface area contributed by atoms with Crippen molar-refractivity contribution >= 4 is 11.9 Å². The van der Waals surface area contributed by atoms with Crippen LogP contribution in [0.15, 0.2) is 4.99 Å². The molecule has 2 unspecified atom stereocenters. The van der Waals surface area contributed by atoms with Crippen LogP contribution in [0.1, 0.15) is 64.7 Å². The summed E-state index contributed by atoms with van der Waals surface area (Å²) in [6.07, 6.45) is 11.9. The molecule has 1 saturated heterocycles. The molecule has 0 aromatic heterocycles. The van der Waals surface area contributed by atoms with E-state index < -0.39 is 0 Å².